The zero-order valence-corrected chi connectivity index (χ0v) is 13.3. The molecule has 1 saturated heterocycles. The maximum absolute atomic E-state index is 11.9. The van der Waals surface area contributed by atoms with Gasteiger partial charge in [0.15, 0.2) is 0 Å². The third kappa shape index (κ3) is 5.22. The molecule has 0 aliphatic carbocycles. The number of amides is 2. The molecule has 0 spiro atoms. The van der Waals surface area contributed by atoms with Gasteiger partial charge in [-0.1, -0.05) is 12.1 Å². The number of piperidine rings is 1. The lowest BCUT2D eigenvalue weighted by molar-refractivity contribution is 0.0843. The molecule has 0 radical (unpaired) electrons. The molecule has 22 heavy (non-hydrogen) atoms. The zero-order valence-electron chi connectivity index (χ0n) is 13.3. The van der Waals surface area contributed by atoms with Gasteiger partial charge >= 0.3 is 6.03 Å². The molecular formula is C17H26N2O3. The van der Waals surface area contributed by atoms with E-state index in [0.717, 1.165) is 44.4 Å². The van der Waals surface area contributed by atoms with E-state index in [1.165, 1.54) is 5.56 Å². The first-order valence-corrected chi connectivity index (χ1v) is 8.03. The standard InChI is InChI=1S/C17H26N2O3/c1-22-16-9-7-14(8-10-16)5-2-3-11-18-17(21)19-12-4-6-15(20)13-19/h7-10,15,20H,2-6,11-13H2,1H3,(H,18,21). The second kappa shape index (κ2) is 8.63. The lowest BCUT2D eigenvalue weighted by Crippen LogP contribution is -2.47. The van der Waals surface area contributed by atoms with Crippen molar-refractivity contribution < 1.29 is 14.6 Å². The Balaban J connectivity index is 1.59. The molecule has 5 nitrogen and oxygen atoms in total. The number of carbonyl (C=O) groups excluding carboxylic acids is 1. The van der Waals surface area contributed by atoms with Crippen LogP contribution in [0.25, 0.3) is 0 Å². The first kappa shape index (κ1) is 16.6. The minimum absolute atomic E-state index is 0.0526. The Kier molecular flexibility index (Phi) is 6.52. The quantitative estimate of drug-likeness (QED) is 0.792. The van der Waals surface area contributed by atoms with Gasteiger partial charge < -0.3 is 20.1 Å². The monoisotopic (exact) mass is 306 g/mol. The van der Waals surface area contributed by atoms with E-state index in [9.17, 15) is 9.90 Å². The number of methoxy groups -OCH3 is 1. The Morgan fingerprint density at radius 1 is 1.36 bits per heavy atom. The third-order valence-corrected chi connectivity index (χ3v) is 4.01. The van der Waals surface area contributed by atoms with Crippen molar-refractivity contribution in [2.75, 3.05) is 26.7 Å². The van der Waals surface area contributed by atoms with E-state index in [4.69, 9.17) is 4.74 Å². The maximum atomic E-state index is 11.9. The molecular weight excluding hydrogens is 280 g/mol. The number of hydrogen-bond acceptors (Lipinski definition) is 3. The van der Waals surface area contributed by atoms with Crippen LogP contribution in [0.3, 0.4) is 0 Å². The molecule has 1 fully saturated rings. The van der Waals surface area contributed by atoms with Crippen LogP contribution in [0.4, 0.5) is 4.79 Å². The van der Waals surface area contributed by atoms with E-state index >= 15 is 0 Å². The highest BCUT2D eigenvalue weighted by Gasteiger charge is 2.21. The fourth-order valence-electron chi connectivity index (χ4n) is 2.69. The molecule has 0 saturated carbocycles. The molecule has 1 aromatic carbocycles. The molecule has 2 amide bonds. The van der Waals surface area contributed by atoms with Crippen molar-refractivity contribution >= 4 is 6.03 Å². The van der Waals surface area contributed by atoms with Gasteiger partial charge in [-0.15, -0.1) is 0 Å². The van der Waals surface area contributed by atoms with Crippen LogP contribution in [0.15, 0.2) is 24.3 Å². The molecule has 1 unspecified atom stereocenters. The van der Waals surface area contributed by atoms with Crippen molar-refractivity contribution in [1.29, 1.82) is 0 Å². The SMILES string of the molecule is COc1ccc(CCCCNC(=O)N2CCCC(O)C2)cc1. The summed E-state index contributed by atoms with van der Waals surface area (Å²) in [5.74, 6) is 0.875. The van der Waals surface area contributed by atoms with Crippen LogP contribution in [0.5, 0.6) is 5.75 Å². The summed E-state index contributed by atoms with van der Waals surface area (Å²) in [4.78, 5) is 13.6. The predicted molar refractivity (Wildman–Crippen MR) is 86.1 cm³/mol. The fraction of sp³-hybridized carbons (Fsp3) is 0.588. The minimum atomic E-state index is -0.366. The Morgan fingerprint density at radius 3 is 2.82 bits per heavy atom. The van der Waals surface area contributed by atoms with E-state index in [0.29, 0.717) is 13.1 Å². The molecule has 1 aliphatic rings. The summed E-state index contributed by atoms with van der Waals surface area (Å²) in [7, 11) is 1.67. The van der Waals surface area contributed by atoms with Crippen molar-refractivity contribution in [2.45, 2.75) is 38.2 Å². The number of aliphatic hydroxyl groups excluding tert-OH is 1. The van der Waals surface area contributed by atoms with Crippen LogP contribution >= 0.6 is 0 Å². The minimum Gasteiger partial charge on any atom is -0.497 e. The summed E-state index contributed by atoms with van der Waals surface area (Å²) in [6.07, 6.45) is 4.30. The number of rotatable bonds is 6. The number of urea groups is 1. The van der Waals surface area contributed by atoms with Gasteiger partial charge in [-0.05, 0) is 49.8 Å². The summed E-state index contributed by atoms with van der Waals surface area (Å²) in [5.41, 5.74) is 1.28. The van der Waals surface area contributed by atoms with E-state index < -0.39 is 0 Å². The van der Waals surface area contributed by atoms with Crippen molar-refractivity contribution in [3.05, 3.63) is 29.8 Å². The number of aryl methyl sites for hydroxylation is 1. The summed E-state index contributed by atoms with van der Waals surface area (Å²) < 4.78 is 5.13. The summed E-state index contributed by atoms with van der Waals surface area (Å²) in [6.45, 7) is 1.88. The van der Waals surface area contributed by atoms with E-state index in [-0.39, 0.29) is 12.1 Å². The van der Waals surface area contributed by atoms with E-state index in [1.807, 2.05) is 12.1 Å². The predicted octanol–water partition coefficient (Wildman–Crippen LogP) is 2.18. The second-order valence-electron chi connectivity index (χ2n) is 5.78. The van der Waals surface area contributed by atoms with Crippen LogP contribution < -0.4 is 10.1 Å². The molecule has 5 heteroatoms. The highest BCUT2D eigenvalue weighted by molar-refractivity contribution is 5.74. The van der Waals surface area contributed by atoms with Gasteiger partial charge in [-0.3, -0.25) is 0 Å². The van der Waals surface area contributed by atoms with Gasteiger partial charge in [0.2, 0.25) is 0 Å². The summed E-state index contributed by atoms with van der Waals surface area (Å²) in [6, 6.07) is 8.04. The highest BCUT2D eigenvalue weighted by atomic mass is 16.5. The molecule has 122 valence electrons. The summed E-state index contributed by atoms with van der Waals surface area (Å²) in [5, 5.41) is 12.5. The molecule has 2 N–H and O–H groups in total. The number of ether oxygens (including phenoxy) is 1. The third-order valence-electron chi connectivity index (χ3n) is 4.01. The van der Waals surface area contributed by atoms with E-state index in [1.54, 1.807) is 12.0 Å². The molecule has 2 rings (SSSR count). The van der Waals surface area contributed by atoms with Crippen molar-refractivity contribution in [3.63, 3.8) is 0 Å². The van der Waals surface area contributed by atoms with Gasteiger partial charge in [-0.2, -0.15) is 0 Å². The van der Waals surface area contributed by atoms with Crippen LogP contribution in [-0.2, 0) is 6.42 Å². The van der Waals surface area contributed by atoms with Gasteiger partial charge in [0.25, 0.3) is 0 Å². The molecule has 1 heterocycles. The number of β-amino-alcohol motifs (C(OH)–C–C–N with tert-alkyl or cyclic N) is 1. The fourth-order valence-corrected chi connectivity index (χ4v) is 2.69. The summed E-state index contributed by atoms with van der Waals surface area (Å²) >= 11 is 0. The molecule has 1 atom stereocenters. The first-order chi connectivity index (χ1) is 10.7. The number of likely N-dealkylation sites (tertiary alicyclic amines) is 1. The van der Waals surface area contributed by atoms with Gasteiger partial charge in [0.05, 0.1) is 13.2 Å². The number of benzene rings is 1. The Bertz CT molecular complexity index is 461. The van der Waals surface area contributed by atoms with Crippen LogP contribution in [0.2, 0.25) is 0 Å². The average molecular weight is 306 g/mol. The number of carbonyl (C=O) groups is 1. The maximum Gasteiger partial charge on any atom is 0.317 e. The van der Waals surface area contributed by atoms with Crippen LogP contribution in [0, 0.1) is 0 Å². The van der Waals surface area contributed by atoms with E-state index in [2.05, 4.69) is 17.4 Å². The zero-order chi connectivity index (χ0) is 15.8. The van der Waals surface area contributed by atoms with Crippen molar-refractivity contribution in [2.24, 2.45) is 0 Å². The Hall–Kier alpha value is -1.75. The Morgan fingerprint density at radius 2 is 2.14 bits per heavy atom. The number of hydrogen-bond donors (Lipinski definition) is 2. The molecule has 0 aromatic heterocycles. The van der Waals surface area contributed by atoms with Gasteiger partial charge in [-0.25, -0.2) is 4.79 Å². The number of nitrogens with zero attached hydrogens (tertiary/aromatic N) is 1. The molecule has 0 bridgehead atoms. The largest absolute Gasteiger partial charge is 0.497 e. The van der Waals surface area contributed by atoms with Crippen molar-refractivity contribution in [1.82, 2.24) is 10.2 Å². The lowest BCUT2D eigenvalue weighted by atomic mass is 10.1. The van der Waals surface area contributed by atoms with Gasteiger partial charge in [0.1, 0.15) is 5.75 Å². The van der Waals surface area contributed by atoms with Crippen LogP contribution in [0.1, 0.15) is 31.2 Å². The van der Waals surface area contributed by atoms with Gasteiger partial charge in [0, 0.05) is 19.6 Å². The van der Waals surface area contributed by atoms with Crippen LogP contribution in [-0.4, -0.2) is 48.9 Å². The average Bonchev–Trinajstić information content (AvgIpc) is 2.55. The number of aliphatic hydroxyl groups is 1. The van der Waals surface area contributed by atoms with Crippen molar-refractivity contribution in [3.8, 4) is 5.75 Å². The number of nitrogens with one attached hydrogen (secondary N) is 1. The second-order valence-corrected chi connectivity index (χ2v) is 5.78. The highest BCUT2D eigenvalue weighted by Crippen LogP contribution is 2.13. The normalized spacial score (nSPS) is 18.1. The smallest absolute Gasteiger partial charge is 0.317 e. The lowest BCUT2D eigenvalue weighted by Gasteiger charge is -2.30. The number of unbranched alkanes of at least 4 members (excludes halogenated alkanes) is 1. The first-order valence-electron chi connectivity index (χ1n) is 8.03. The molecule has 1 aliphatic heterocycles. The topological polar surface area (TPSA) is 61.8 Å². The molecule has 1 aromatic rings. The Labute approximate surface area is 132 Å².